The summed E-state index contributed by atoms with van der Waals surface area (Å²) >= 11 is 1.65. The normalized spacial score (nSPS) is 27.3. The van der Waals surface area contributed by atoms with Crippen LogP contribution in [0.5, 0.6) is 0 Å². The zero-order valence-corrected chi connectivity index (χ0v) is 12.1. The van der Waals surface area contributed by atoms with Gasteiger partial charge in [0, 0.05) is 25.6 Å². The van der Waals surface area contributed by atoms with Crippen molar-refractivity contribution in [1.82, 2.24) is 9.88 Å². The van der Waals surface area contributed by atoms with E-state index in [0.717, 1.165) is 36.8 Å². The summed E-state index contributed by atoms with van der Waals surface area (Å²) in [5, 5.41) is 13.0. The molecule has 1 N–H and O–H groups in total. The molecule has 18 heavy (non-hydrogen) atoms. The average molecular weight is 270 g/mol. The van der Waals surface area contributed by atoms with Crippen molar-refractivity contribution in [1.29, 1.82) is 0 Å². The number of likely N-dealkylation sites (tertiary alicyclic amines) is 1. The first kappa shape index (κ1) is 13.9. The molecule has 2 heterocycles. The number of β-amino-alcohol motifs (C(OH)–C–C–N with tert-alkyl or cyclic N) is 1. The van der Waals surface area contributed by atoms with Crippen LogP contribution in [0, 0.1) is 5.92 Å². The van der Waals surface area contributed by atoms with Crippen molar-refractivity contribution in [3.63, 3.8) is 0 Å². The summed E-state index contributed by atoms with van der Waals surface area (Å²) in [7, 11) is 1.70. The van der Waals surface area contributed by atoms with E-state index in [4.69, 9.17) is 4.74 Å². The van der Waals surface area contributed by atoms with E-state index in [2.05, 4.69) is 22.2 Å². The molecule has 5 heteroatoms. The molecule has 2 rings (SSSR count). The predicted octanol–water partition coefficient (Wildman–Crippen LogP) is 2.05. The average Bonchev–Trinajstić information content (AvgIpc) is 2.81. The molecule has 0 saturated carbocycles. The van der Waals surface area contributed by atoms with Crippen LogP contribution in [0.3, 0.4) is 0 Å². The lowest BCUT2D eigenvalue weighted by molar-refractivity contribution is 0.0254. The Morgan fingerprint density at radius 2 is 2.44 bits per heavy atom. The van der Waals surface area contributed by atoms with Crippen LogP contribution in [0.15, 0.2) is 5.38 Å². The Labute approximate surface area is 113 Å². The standard InChI is InChI=1S/C13H22N2O2S/c1-9-4-5-15(7-12(9)16)6-11-8-18-13(14-11)10(2)17-3/h8-10,12,16H,4-7H2,1-3H3. The molecule has 0 bridgehead atoms. The highest BCUT2D eigenvalue weighted by Gasteiger charge is 2.24. The Morgan fingerprint density at radius 3 is 3.11 bits per heavy atom. The second kappa shape index (κ2) is 6.10. The van der Waals surface area contributed by atoms with Crippen molar-refractivity contribution in [2.24, 2.45) is 5.92 Å². The van der Waals surface area contributed by atoms with Gasteiger partial charge in [0.25, 0.3) is 0 Å². The van der Waals surface area contributed by atoms with Crippen LogP contribution in [-0.2, 0) is 11.3 Å². The molecule has 3 atom stereocenters. The molecule has 0 spiro atoms. The lowest BCUT2D eigenvalue weighted by Gasteiger charge is -2.33. The van der Waals surface area contributed by atoms with Gasteiger partial charge in [-0.3, -0.25) is 4.90 Å². The molecule has 4 nitrogen and oxygen atoms in total. The molecule has 1 saturated heterocycles. The smallest absolute Gasteiger partial charge is 0.122 e. The van der Waals surface area contributed by atoms with Gasteiger partial charge in [0.2, 0.25) is 0 Å². The second-order valence-electron chi connectivity index (χ2n) is 5.12. The number of aliphatic hydroxyl groups is 1. The number of rotatable bonds is 4. The van der Waals surface area contributed by atoms with Gasteiger partial charge < -0.3 is 9.84 Å². The van der Waals surface area contributed by atoms with Crippen LogP contribution in [0.4, 0.5) is 0 Å². The third kappa shape index (κ3) is 3.29. The van der Waals surface area contributed by atoms with Gasteiger partial charge in [-0.1, -0.05) is 6.92 Å². The largest absolute Gasteiger partial charge is 0.392 e. The summed E-state index contributed by atoms with van der Waals surface area (Å²) in [6.07, 6.45) is 0.928. The molecule has 1 aliphatic heterocycles. The van der Waals surface area contributed by atoms with Crippen molar-refractivity contribution in [2.75, 3.05) is 20.2 Å². The number of thiazole rings is 1. The van der Waals surface area contributed by atoms with E-state index in [1.807, 2.05) is 6.92 Å². The Morgan fingerprint density at radius 1 is 1.67 bits per heavy atom. The molecule has 1 aromatic rings. The van der Waals surface area contributed by atoms with Gasteiger partial charge in [0.05, 0.1) is 11.8 Å². The molecule has 1 fully saturated rings. The fraction of sp³-hybridized carbons (Fsp3) is 0.769. The maximum absolute atomic E-state index is 9.88. The number of ether oxygens (including phenoxy) is 1. The monoisotopic (exact) mass is 270 g/mol. The summed E-state index contributed by atoms with van der Waals surface area (Å²) in [4.78, 5) is 6.87. The highest BCUT2D eigenvalue weighted by molar-refractivity contribution is 7.09. The molecule has 102 valence electrons. The summed E-state index contributed by atoms with van der Waals surface area (Å²) in [6.45, 7) is 6.76. The lowest BCUT2D eigenvalue weighted by Crippen LogP contribution is -2.42. The minimum absolute atomic E-state index is 0.0655. The fourth-order valence-corrected chi connectivity index (χ4v) is 3.01. The van der Waals surface area contributed by atoms with E-state index in [9.17, 15) is 5.11 Å². The first-order valence-electron chi connectivity index (χ1n) is 6.47. The number of piperidine rings is 1. The van der Waals surface area contributed by atoms with Gasteiger partial charge in [-0.2, -0.15) is 0 Å². The number of aliphatic hydroxyl groups excluding tert-OH is 1. The minimum atomic E-state index is -0.199. The summed E-state index contributed by atoms with van der Waals surface area (Å²) < 4.78 is 5.26. The van der Waals surface area contributed by atoms with Gasteiger partial charge in [-0.25, -0.2) is 4.98 Å². The number of hydrogen-bond acceptors (Lipinski definition) is 5. The number of aromatic nitrogens is 1. The zero-order chi connectivity index (χ0) is 13.1. The van der Waals surface area contributed by atoms with Gasteiger partial charge in [0.15, 0.2) is 0 Å². The molecule has 0 amide bonds. The Hall–Kier alpha value is -0.490. The third-order valence-corrected chi connectivity index (χ3v) is 4.71. The first-order valence-corrected chi connectivity index (χ1v) is 7.35. The number of nitrogens with zero attached hydrogens (tertiary/aromatic N) is 2. The SMILES string of the molecule is COC(C)c1nc(CN2CCC(C)C(O)C2)cs1. The summed E-state index contributed by atoms with van der Waals surface area (Å²) in [5.41, 5.74) is 1.08. The van der Waals surface area contributed by atoms with Crippen LogP contribution in [0.2, 0.25) is 0 Å². The topological polar surface area (TPSA) is 45.6 Å². The van der Waals surface area contributed by atoms with Crippen molar-refractivity contribution in [3.05, 3.63) is 16.1 Å². The summed E-state index contributed by atoms with van der Waals surface area (Å²) in [5.74, 6) is 0.417. The maximum atomic E-state index is 9.88. The predicted molar refractivity (Wildman–Crippen MR) is 72.6 cm³/mol. The van der Waals surface area contributed by atoms with Gasteiger partial charge in [-0.05, 0) is 25.8 Å². The van der Waals surface area contributed by atoms with E-state index < -0.39 is 0 Å². The van der Waals surface area contributed by atoms with Crippen molar-refractivity contribution >= 4 is 11.3 Å². The zero-order valence-electron chi connectivity index (χ0n) is 11.3. The van der Waals surface area contributed by atoms with E-state index in [1.54, 1.807) is 18.4 Å². The van der Waals surface area contributed by atoms with Crippen LogP contribution in [-0.4, -0.2) is 41.3 Å². The highest BCUT2D eigenvalue weighted by Crippen LogP contribution is 2.23. The number of hydrogen-bond donors (Lipinski definition) is 1. The summed E-state index contributed by atoms with van der Waals surface area (Å²) in [6, 6.07) is 0. The molecular weight excluding hydrogens is 248 g/mol. The number of methoxy groups -OCH3 is 1. The molecule has 0 aromatic carbocycles. The molecule has 0 aliphatic carbocycles. The molecule has 1 aliphatic rings. The van der Waals surface area contributed by atoms with E-state index in [1.165, 1.54) is 0 Å². The van der Waals surface area contributed by atoms with E-state index in [-0.39, 0.29) is 12.2 Å². The van der Waals surface area contributed by atoms with Gasteiger partial charge in [-0.15, -0.1) is 11.3 Å². The van der Waals surface area contributed by atoms with Gasteiger partial charge in [0.1, 0.15) is 11.1 Å². The highest BCUT2D eigenvalue weighted by atomic mass is 32.1. The third-order valence-electron chi connectivity index (χ3n) is 3.66. The second-order valence-corrected chi connectivity index (χ2v) is 6.01. The van der Waals surface area contributed by atoms with Crippen molar-refractivity contribution in [3.8, 4) is 0 Å². The molecular formula is C13H22N2O2S. The maximum Gasteiger partial charge on any atom is 0.122 e. The van der Waals surface area contributed by atoms with Crippen LogP contribution in [0.25, 0.3) is 0 Å². The van der Waals surface area contributed by atoms with Crippen molar-refractivity contribution in [2.45, 2.75) is 39.0 Å². The quantitative estimate of drug-likeness (QED) is 0.909. The van der Waals surface area contributed by atoms with Crippen molar-refractivity contribution < 1.29 is 9.84 Å². The Balaban J connectivity index is 1.91. The van der Waals surface area contributed by atoms with Crippen LogP contribution >= 0.6 is 11.3 Å². The first-order chi connectivity index (χ1) is 8.60. The van der Waals surface area contributed by atoms with E-state index in [0.29, 0.717) is 5.92 Å². The molecule has 3 unspecified atom stereocenters. The molecule has 0 radical (unpaired) electrons. The molecule has 1 aromatic heterocycles. The van der Waals surface area contributed by atoms with Crippen LogP contribution < -0.4 is 0 Å². The fourth-order valence-electron chi connectivity index (χ4n) is 2.17. The Bertz CT molecular complexity index is 383. The lowest BCUT2D eigenvalue weighted by atomic mass is 9.96. The van der Waals surface area contributed by atoms with E-state index >= 15 is 0 Å². The van der Waals surface area contributed by atoms with Gasteiger partial charge >= 0.3 is 0 Å². The van der Waals surface area contributed by atoms with Crippen LogP contribution in [0.1, 0.15) is 37.1 Å². The minimum Gasteiger partial charge on any atom is -0.392 e. The Kier molecular flexibility index (Phi) is 4.72.